The van der Waals surface area contributed by atoms with Crippen LogP contribution in [-0.4, -0.2) is 21.6 Å². The fourth-order valence-corrected chi connectivity index (χ4v) is 1.02. The van der Waals surface area contributed by atoms with Crippen LogP contribution in [0.3, 0.4) is 0 Å². The Morgan fingerprint density at radius 2 is 2.20 bits per heavy atom. The van der Waals surface area contributed by atoms with Gasteiger partial charge in [-0.05, 0) is 6.92 Å². The van der Waals surface area contributed by atoms with Crippen molar-refractivity contribution in [3.05, 3.63) is 39.9 Å². The van der Waals surface area contributed by atoms with Crippen molar-refractivity contribution in [3.8, 4) is 0 Å². The molecule has 1 aromatic carbocycles. The van der Waals surface area contributed by atoms with Crippen LogP contribution in [0.1, 0.15) is 17.3 Å². The Kier molecular flexibility index (Phi) is 3.12. The van der Waals surface area contributed by atoms with E-state index in [-0.39, 0.29) is 17.0 Å². The Balaban J connectivity index is 3.11. The lowest BCUT2D eigenvalue weighted by atomic mass is 10.1. The minimum absolute atomic E-state index is 0.115. The zero-order chi connectivity index (χ0) is 11.4. The first-order chi connectivity index (χ1) is 7.06. The average Bonchev–Trinajstić information content (AvgIpc) is 2.27. The molecule has 0 spiro atoms. The fraction of sp³-hybridized carbons (Fsp3) is 0.111. The molecule has 0 aromatic heterocycles. The largest absolute Gasteiger partial charge is 0.411 e. The number of hydrogen-bond acceptors (Lipinski definition) is 5. The van der Waals surface area contributed by atoms with E-state index < -0.39 is 10.7 Å². The molecule has 0 saturated heterocycles. The number of non-ortho nitro benzene ring substituents is 1. The summed E-state index contributed by atoms with van der Waals surface area (Å²) < 4.78 is 0. The summed E-state index contributed by atoms with van der Waals surface area (Å²) in [6, 6.07) is 5.24. The number of hydrogen-bond donors (Lipinski definition) is 1. The van der Waals surface area contributed by atoms with Crippen molar-refractivity contribution in [2.75, 3.05) is 0 Å². The number of nitro groups is 1. The van der Waals surface area contributed by atoms with Crippen LogP contribution in [-0.2, 0) is 0 Å². The maximum atomic E-state index is 11.4. The minimum atomic E-state index is -0.595. The summed E-state index contributed by atoms with van der Waals surface area (Å²) in [7, 11) is 0. The van der Waals surface area contributed by atoms with Crippen molar-refractivity contribution in [1.82, 2.24) is 0 Å². The molecule has 1 aromatic rings. The number of carbonyl (C=O) groups is 1. The Bertz CT molecular complexity index is 439. The van der Waals surface area contributed by atoms with Crippen LogP contribution in [0, 0.1) is 10.1 Å². The van der Waals surface area contributed by atoms with Crippen LogP contribution >= 0.6 is 0 Å². The predicted octanol–water partition coefficient (Wildman–Crippen LogP) is 1.63. The van der Waals surface area contributed by atoms with Gasteiger partial charge in [0, 0.05) is 17.7 Å². The van der Waals surface area contributed by atoms with Gasteiger partial charge in [-0.3, -0.25) is 14.9 Å². The Labute approximate surface area is 85.0 Å². The minimum Gasteiger partial charge on any atom is -0.411 e. The van der Waals surface area contributed by atoms with E-state index in [1.165, 1.54) is 25.1 Å². The highest BCUT2D eigenvalue weighted by atomic mass is 16.6. The molecule has 78 valence electrons. The number of Topliss-reactive ketones (excluding diaryl/α,β-unsaturated/α-hetero) is 1. The molecule has 0 heterocycles. The van der Waals surface area contributed by atoms with Gasteiger partial charge < -0.3 is 5.21 Å². The third-order valence-corrected chi connectivity index (χ3v) is 1.80. The topological polar surface area (TPSA) is 92.8 Å². The van der Waals surface area contributed by atoms with Gasteiger partial charge in [-0.1, -0.05) is 17.3 Å². The van der Waals surface area contributed by atoms with Crippen LogP contribution < -0.4 is 0 Å². The van der Waals surface area contributed by atoms with Gasteiger partial charge in [-0.2, -0.15) is 0 Å². The molecular weight excluding hydrogens is 200 g/mol. The summed E-state index contributed by atoms with van der Waals surface area (Å²) in [5.74, 6) is -0.541. The first-order valence-corrected chi connectivity index (χ1v) is 4.04. The molecule has 0 bridgehead atoms. The van der Waals surface area contributed by atoms with E-state index in [0.29, 0.717) is 0 Å². The van der Waals surface area contributed by atoms with Crippen molar-refractivity contribution in [1.29, 1.82) is 0 Å². The van der Waals surface area contributed by atoms with Crippen LogP contribution in [0.5, 0.6) is 0 Å². The smallest absolute Gasteiger partial charge is 0.270 e. The number of ketones is 1. The number of carbonyl (C=O) groups excluding carboxylic acids is 1. The zero-order valence-electron chi connectivity index (χ0n) is 7.88. The van der Waals surface area contributed by atoms with E-state index in [2.05, 4.69) is 5.16 Å². The molecule has 0 unspecified atom stereocenters. The van der Waals surface area contributed by atoms with Crippen molar-refractivity contribution in [2.24, 2.45) is 5.16 Å². The highest BCUT2D eigenvalue weighted by Gasteiger charge is 2.13. The van der Waals surface area contributed by atoms with E-state index in [1.807, 2.05) is 0 Å². The number of benzene rings is 1. The first kappa shape index (κ1) is 10.8. The van der Waals surface area contributed by atoms with E-state index in [4.69, 9.17) is 5.21 Å². The lowest BCUT2D eigenvalue weighted by Crippen LogP contribution is -2.10. The van der Waals surface area contributed by atoms with E-state index in [0.717, 1.165) is 6.07 Å². The van der Waals surface area contributed by atoms with Gasteiger partial charge in [0.15, 0.2) is 0 Å². The van der Waals surface area contributed by atoms with Gasteiger partial charge >= 0.3 is 0 Å². The molecule has 6 nitrogen and oxygen atoms in total. The molecular formula is C9H8N2O4. The second-order valence-corrected chi connectivity index (χ2v) is 2.82. The molecule has 0 saturated carbocycles. The molecule has 1 rings (SSSR count). The molecule has 0 atom stereocenters. The Morgan fingerprint density at radius 3 is 2.73 bits per heavy atom. The van der Waals surface area contributed by atoms with E-state index in [1.54, 1.807) is 0 Å². The normalized spacial score (nSPS) is 11.1. The van der Waals surface area contributed by atoms with Crippen LogP contribution in [0.4, 0.5) is 5.69 Å². The van der Waals surface area contributed by atoms with Gasteiger partial charge in [0.2, 0.25) is 5.78 Å². The number of nitro benzene ring substituents is 1. The molecule has 15 heavy (non-hydrogen) atoms. The summed E-state index contributed by atoms with van der Waals surface area (Å²) in [5.41, 5.74) is -0.165. The third-order valence-electron chi connectivity index (χ3n) is 1.80. The van der Waals surface area contributed by atoms with Crippen molar-refractivity contribution in [3.63, 3.8) is 0 Å². The molecule has 0 amide bonds. The third kappa shape index (κ3) is 2.37. The number of nitrogens with zero attached hydrogens (tertiary/aromatic N) is 2. The SMILES string of the molecule is C/C(=N\O)C(=O)c1cccc([N+](=O)[O-])c1. The highest BCUT2D eigenvalue weighted by Crippen LogP contribution is 2.13. The standard InChI is InChI=1S/C9H8N2O4/c1-6(10-13)9(12)7-3-2-4-8(5-7)11(14)15/h2-5,13H,1H3/b10-6+. The lowest BCUT2D eigenvalue weighted by Gasteiger charge is -1.98. The van der Waals surface area contributed by atoms with Gasteiger partial charge in [0.05, 0.1) is 4.92 Å². The molecule has 0 aliphatic rings. The van der Waals surface area contributed by atoms with Crippen LogP contribution in [0.15, 0.2) is 29.4 Å². The summed E-state index contributed by atoms with van der Waals surface area (Å²) in [6.45, 7) is 1.32. The fourth-order valence-electron chi connectivity index (χ4n) is 1.02. The lowest BCUT2D eigenvalue weighted by molar-refractivity contribution is -0.384. The van der Waals surface area contributed by atoms with Crippen molar-refractivity contribution < 1.29 is 14.9 Å². The van der Waals surface area contributed by atoms with Gasteiger partial charge in [-0.25, -0.2) is 0 Å². The Hall–Kier alpha value is -2.24. The van der Waals surface area contributed by atoms with Crippen molar-refractivity contribution >= 4 is 17.2 Å². The summed E-state index contributed by atoms with van der Waals surface area (Å²) >= 11 is 0. The first-order valence-electron chi connectivity index (χ1n) is 4.04. The monoisotopic (exact) mass is 208 g/mol. The van der Waals surface area contributed by atoms with Crippen molar-refractivity contribution in [2.45, 2.75) is 6.92 Å². The maximum absolute atomic E-state index is 11.4. The summed E-state index contributed by atoms with van der Waals surface area (Å²) in [4.78, 5) is 21.3. The molecule has 6 heteroatoms. The quantitative estimate of drug-likeness (QED) is 0.268. The number of oxime groups is 1. The van der Waals surface area contributed by atoms with E-state index in [9.17, 15) is 14.9 Å². The number of rotatable bonds is 3. The van der Waals surface area contributed by atoms with Gasteiger partial charge in [0.25, 0.3) is 5.69 Å². The Morgan fingerprint density at radius 1 is 1.53 bits per heavy atom. The molecule has 0 aliphatic heterocycles. The molecule has 1 N–H and O–H groups in total. The average molecular weight is 208 g/mol. The van der Waals surface area contributed by atoms with Crippen LogP contribution in [0.25, 0.3) is 0 Å². The molecule has 0 aliphatic carbocycles. The second kappa shape index (κ2) is 4.32. The maximum Gasteiger partial charge on any atom is 0.270 e. The van der Waals surface area contributed by atoms with Gasteiger partial charge in [-0.15, -0.1) is 0 Å². The molecule has 0 fully saturated rings. The molecule has 0 radical (unpaired) electrons. The summed E-state index contributed by atoms with van der Waals surface area (Å²) in [6.07, 6.45) is 0. The highest BCUT2D eigenvalue weighted by molar-refractivity contribution is 6.45. The van der Waals surface area contributed by atoms with Gasteiger partial charge in [0.1, 0.15) is 5.71 Å². The predicted molar refractivity (Wildman–Crippen MR) is 52.3 cm³/mol. The zero-order valence-corrected chi connectivity index (χ0v) is 7.88. The second-order valence-electron chi connectivity index (χ2n) is 2.82. The van der Waals surface area contributed by atoms with E-state index >= 15 is 0 Å². The van der Waals surface area contributed by atoms with Crippen LogP contribution in [0.2, 0.25) is 0 Å². The summed E-state index contributed by atoms with van der Waals surface area (Å²) in [5, 5.41) is 21.5.